The molecule has 4 rings (SSSR count). The summed E-state index contributed by atoms with van der Waals surface area (Å²) in [6.07, 6.45) is 2.86. The van der Waals surface area contributed by atoms with Gasteiger partial charge in [0, 0.05) is 29.6 Å². The lowest BCUT2D eigenvalue weighted by atomic mass is 10.1. The highest BCUT2D eigenvalue weighted by atomic mass is 32.1. The van der Waals surface area contributed by atoms with Crippen LogP contribution >= 0.6 is 11.3 Å². The fourth-order valence-electron chi connectivity index (χ4n) is 3.65. The molecule has 11 heteroatoms. The lowest BCUT2D eigenvalue weighted by Gasteiger charge is -2.14. The maximum atomic E-state index is 14.3. The molecule has 0 saturated heterocycles. The lowest BCUT2D eigenvalue weighted by molar-refractivity contribution is 0.368. The van der Waals surface area contributed by atoms with Gasteiger partial charge in [-0.05, 0) is 38.0 Å². The van der Waals surface area contributed by atoms with E-state index in [0.29, 0.717) is 34.0 Å². The van der Waals surface area contributed by atoms with E-state index in [2.05, 4.69) is 10.1 Å². The number of aromatic nitrogens is 3. The molecule has 0 unspecified atom stereocenters. The Morgan fingerprint density at radius 1 is 1.03 bits per heavy atom. The van der Waals surface area contributed by atoms with Crippen LogP contribution in [-0.4, -0.2) is 21.5 Å². The van der Waals surface area contributed by atoms with Gasteiger partial charge < -0.3 is 9.30 Å². The first kappa shape index (κ1) is 24.6. The normalized spacial score (nSPS) is 11.9. The number of hydrogen-bond acceptors (Lipinski definition) is 4. The zero-order valence-electron chi connectivity index (χ0n) is 19.1. The van der Waals surface area contributed by atoms with E-state index in [1.54, 1.807) is 27.0 Å². The number of nitrogens with zero attached hydrogens (tertiary/aromatic N) is 4. The van der Waals surface area contributed by atoms with E-state index in [9.17, 15) is 22.0 Å². The number of ether oxygens (including phenoxy) is 1. The van der Waals surface area contributed by atoms with Crippen molar-refractivity contribution in [3.8, 4) is 17.0 Å². The van der Waals surface area contributed by atoms with Crippen LogP contribution in [0.1, 0.15) is 18.1 Å². The molecular weight excluding hydrogens is 487 g/mol. The molecule has 0 bridgehead atoms. The van der Waals surface area contributed by atoms with Crippen molar-refractivity contribution in [3.05, 3.63) is 81.0 Å². The van der Waals surface area contributed by atoms with Gasteiger partial charge in [-0.25, -0.2) is 26.9 Å². The first-order valence-corrected chi connectivity index (χ1v) is 11.5. The second kappa shape index (κ2) is 10.0. The van der Waals surface area contributed by atoms with Crippen molar-refractivity contribution in [2.24, 2.45) is 4.99 Å². The molecule has 0 aliphatic heterocycles. The number of rotatable bonds is 7. The summed E-state index contributed by atoms with van der Waals surface area (Å²) in [5.41, 5.74) is 1.95. The molecule has 5 nitrogen and oxygen atoms in total. The third-order valence-electron chi connectivity index (χ3n) is 5.49. The van der Waals surface area contributed by atoms with Crippen LogP contribution in [-0.2, 0) is 19.5 Å². The van der Waals surface area contributed by atoms with Gasteiger partial charge in [0.05, 0.1) is 25.2 Å². The summed E-state index contributed by atoms with van der Waals surface area (Å²) in [5.74, 6) is -9.22. The highest BCUT2D eigenvalue weighted by Crippen LogP contribution is 2.32. The van der Waals surface area contributed by atoms with Crippen LogP contribution in [0.5, 0.6) is 5.75 Å². The molecule has 0 aliphatic rings. The molecule has 35 heavy (non-hydrogen) atoms. The molecule has 2 aromatic carbocycles. The molecular formula is C24H21F5N4OS. The van der Waals surface area contributed by atoms with Gasteiger partial charge in [0.2, 0.25) is 5.82 Å². The zero-order chi connectivity index (χ0) is 25.3. The van der Waals surface area contributed by atoms with Crippen LogP contribution in [0.2, 0.25) is 0 Å². The molecule has 184 valence electrons. The third kappa shape index (κ3) is 4.72. The van der Waals surface area contributed by atoms with Crippen molar-refractivity contribution < 1.29 is 26.7 Å². The van der Waals surface area contributed by atoms with Crippen molar-refractivity contribution in [2.45, 2.75) is 33.4 Å². The van der Waals surface area contributed by atoms with E-state index >= 15 is 0 Å². The van der Waals surface area contributed by atoms with Gasteiger partial charge in [-0.2, -0.15) is 5.10 Å². The third-order valence-corrected chi connectivity index (χ3v) is 6.35. The molecule has 0 amide bonds. The number of hydrogen-bond donors (Lipinski definition) is 0. The fraction of sp³-hybridized carbons (Fsp3) is 0.250. The van der Waals surface area contributed by atoms with Crippen LogP contribution in [0.15, 0.2) is 41.0 Å². The van der Waals surface area contributed by atoms with Crippen molar-refractivity contribution in [3.63, 3.8) is 0 Å². The number of benzene rings is 2. The fourth-order valence-corrected chi connectivity index (χ4v) is 4.59. The lowest BCUT2D eigenvalue weighted by Crippen LogP contribution is -2.19. The molecule has 0 N–H and O–H groups in total. The van der Waals surface area contributed by atoms with Crippen LogP contribution < -0.4 is 9.54 Å². The minimum Gasteiger partial charge on any atom is -0.496 e. The highest BCUT2D eigenvalue weighted by molar-refractivity contribution is 7.07. The molecule has 0 radical (unpaired) electrons. The summed E-state index contributed by atoms with van der Waals surface area (Å²) in [7, 11) is 1.52. The zero-order valence-corrected chi connectivity index (χ0v) is 19.9. The molecule has 0 saturated carbocycles. The predicted octanol–water partition coefficient (Wildman–Crippen LogP) is 5.92. The maximum Gasteiger partial charge on any atom is 0.200 e. The predicted molar refractivity (Wildman–Crippen MR) is 122 cm³/mol. The van der Waals surface area contributed by atoms with Crippen LogP contribution in [0.25, 0.3) is 11.3 Å². The van der Waals surface area contributed by atoms with Crippen molar-refractivity contribution >= 4 is 17.0 Å². The monoisotopic (exact) mass is 508 g/mol. The van der Waals surface area contributed by atoms with Gasteiger partial charge in [0.25, 0.3) is 0 Å². The minimum absolute atomic E-state index is 0.102. The SMILES string of the molecule is CCn1cc(N=c2scc(-c3ccc(C)cc3OC)n2CCc2c(F)c(F)c(F)c(F)c2F)cn1. The van der Waals surface area contributed by atoms with Crippen molar-refractivity contribution in [1.29, 1.82) is 0 Å². The second-order valence-corrected chi connectivity index (χ2v) is 8.56. The average Bonchev–Trinajstić information content (AvgIpc) is 3.48. The van der Waals surface area contributed by atoms with Gasteiger partial charge in [0.15, 0.2) is 28.1 Å². The van der Waals surface area contributed by atoms with Gasteiger partial charge in [-0.15, -0.1) is 11.3 Å². The van der Waals surface area contributed by atoms with E-state index < -0.39 is 41.1 Å². The van der Waals surface area contributed by atoms with Crippen molar-refractivity contribution in [1.82, 2.24) is 14.3 Å². The first-order chi connectivity index (χ1) is 16.7. The summed E-state index contributed by atoms with van der Waals surface area (Å²) < 4.78 is 78.5. The number of methoxy groups -OCH3 is 1. The van der Waals surface area contributed by atoms with Gasteiger partial charge in [-0.3, -0.25) is 4.68 Å². The topological polar surface area (TPSA) is 44.3 Å². The van der Waals surface area contributed by atoms with Gasteiger partial charge >= 0.3 is 0 Å². The van der Waals surface area contributed by atoms with Crippen LogP contribution in [0, 0.1) is 36.0 Å². The molecule has 2 heterocycles. The van der Waals surface area contributed by atoms with Crippen LogP contribution in [0.4, 0.5) is 27.6 Å². The Bertz CT molecular complexity index is 1430. The van der Waals surface area contributed by atoms with E-state index in [1.165, 1.54) is 18.4 Å². The van der Waals surface area contributed by atoms with Gasteiger partial charge in [0.1, 0.15) is 11.4 Å². The molecule has 0 fully saturated rings. The van der Waals surface area contributed by atoms with Gasteiger partial charge in [-0.1, -0.05) is 6.07 Å². The number of halogens is 5. The standard InChI is InChI=1S/C24H21F5N4OS/c1-4-32-11-14(10-30-32)31-24-33(8-7-16-19(25)21(27)23(29)22(28)20(16)26)17(12-35-24)15-6-5-13(2)9-18(15)34-3/h5-6,9-12H,4,7-8H2,1-3H3. The Morgan fingerprint density at radius 2 is 1.71 bits per heavy atom. The molecule has 0 aliphatic carbocycles. The summed E-state index contributed by atoms with van der Waals surface area (Å²) in [6.45, 7) is 4.37. The first-order valence-electron chi connectivity index (χ1n) is 10.7. The van der Waals surface area contributed by atoms with E-state index in [4.69, 9.17) is 4.74 Å². The van der Waals surface area contributed by atoms with E-state index in [1.807, 2.05) is 32.0 Å². The highest BCUT2D eigenvalue weighted by Gasteiger charge is 2.26. The molecule has 4 aromatic rings. The summed E-state index contributed by atoms with van der Waals surface area (Å²) in [6, 6.07) is 5.56. The Hall–Kier alpha value is -3.47. The summed E-state index contributed by atoms with van der Waals surface area (Å²) in [5, 5.41) is 5.99. The smallest absolute Gasteiger partial charge is 0.200 e. The largest absolute Gasteiger partial charge is 0.496 e. The summed E-state index contributed by atoms with van der Waals surface area (Å²) >= 11 is 1.27. The maximum absolute atomic E-state index is 14.3. The minimum atomic E-state index is -2.18. The summed E-state index contributed by atoms with van der Waals surface area (Å²) in [4.78, 5) is 5.06. The number of aryl methyl sites for hydroxylation is 2. The Morgan fingerprint density at radius 3 is 2.34 bits per heavy atom. The van der Waals surface area contributed by atoms with Crippen molar-refractivity contribution in [2.75, 3.05) is 7.11 Å². The molecule has 2 aromatic heterocycles. The Labute approximate surface area is 201 Å². The molecule has 0 atom stereocenters. The average molecular weight is 509 g/mol. The quantitative estimate of drug-likeness (QED) is 0.177. The Balaban J connectivity index is 1.84. The second-order valence-electron chi connectivity index (χ2n) is 7.72. The Kier molecular flexibility index (Phi) is 7.06. The van der Waals surface area contributed by atoms with E-state index in [-0.39, 0.29) is 6.54 Å². The molecule has 0 spiro atoms. The number of thiazole rings is 1. The van der Waals surface area contributed by atoms with E-state index in [0.717, 1.165) is 5.56 Å². The van der Waals surface area contributed by atoms with Crippen LogP contribution in [0.3, 0.4) is 0 Å².